The van der Waals surface area contributed by atoms with Crippen molar-refractivity contribution in [2.45, 2.75) is 44.0 Å². The summed E-state index contributed by atoms with van der Waals surface area (Å²) in [5.41, 5.74) is 0.659. The van der Waals surface area contributed by atoms with E-state index in [1.54, 1.807) is 24.5 Å². The number of aliphatic hydroxyl groups is 1. The van der Waals surface area contributed by atoms with Crippen LogP contribution >= 0.6 is 0 Å². The van der Waals surface area contributed by atoms with Gasteiger partial charge in [0.05, 0.1) is 24.1 Å². The van der Waals surface area contributed by atoms with E-state index in [1.807, 2.05) is 4.90 Å². The van der Waals surface area contributed by atoms with Gasteiger partial charge in [0.25, 0.3) is 5.91 Å². The minimum Gasteiger partial charge on any atom is -0.393 e. The zero-order valence-electron chi connectivity index (χ0n) is 14.0. The summed E-state index contributed by atoms with van der Waals surface area (Å²) in [6.07, 6.45) is 5.08. The van der Waals surface area contributed by atoms with Gasteiger partial charge in [-0.25, -0.2) is 0 Å². The van der Waals surface area contributed by atoms with Gasteiger partial charge in [-0.2, -0.15) is 0 Å². The van der Waals surface area contributed by atoms with Crippen molar-refractivity contribution < 1.29 is 19.4 Å². The molecular formula is C18H23N3O4. The highest BCUT2D eigenvalue weighted by Crippen LogP contribution is 2.36. The highest BCUT2D eigenvalue weighted by Gasteiger charge is 2.44. The molecule has 25 heavy (non-hydrogen) atoms. The summed E-state index contributed by atoms with van der Waals surface area (Å²) in [5.74, 6) is 0.247. The number of hydrogen-bond acceptors (Lipinski definition) is 5. The summed E-state index contributed by atoms with van der Waals surface area (Å²) in [6.45, 7) is 1.26. The predicted octanol–water partition coefficient (Wildman–Crippen LogP) is 0.797. The van der Waals surface area contributed by atoms with E-state index in [0.29, 0.717) is 44.0 Å². The SMILES string of the molecule is O=C(Nc1cccnc1)[C@@H]1C[C@@H]2CCN(C(=O)C3CC(O)C3)C[C@@H]2O1. The summed E-state index contributed by atoms with van der Waals surface area (Å²) in [6, 6.07) is 3.56. The molecule has 0 radical (unpaired) electrons. The van der Waals surface area contributed by atoms with Gasteiger partial charge >= 0.3 is 0 Å². The zero-order valence-corrected chi connectivity index (χ0v) is 14.0. The highest BCUT2D eigenvalue weighted by atomic mass is 16.5. The molecule has 2 amide bonds. The van der Waals surface area contributed by atoms with Gasteiger partial charge in [0, 0.05) is 25.2 Å². The molecule has 4 rings (SSSR count). The second-order valence-electron chi connectivity index (χ2n) is 7.28. The van der Waals surface area contributed by atoms with Crippen LogP contribution in [0.3, 0.4) is 0 Å². The van der Waals surface area contributed by atoms with Crippen LogP contribution in [0.5, 0.6) is 0 Å². The number of aliphatic hydroxyl groups excluding tert-OH is 1. The van der Waals surface area contributed by atoms with Crippen LogP contribution in [0.1, 0.15) is 25.7 Å². The number of carbonyl (C=O) groups is 2. The van der Waals surface area contributed by atoms with Crippen molar-refractivity contribution >= 4 is 17.5 Å². The number of anilines is 1. The first-order valence-corrected chi connectivity index (χ1v) is 8.93. The summed E-state index contributed by atoms with van der Waals surface area (Å²) < 4.78 is 5.96. The molecule has 3 heterocycles. The Bertz CT molecular complexity index is 647. The number of aromatic nitrogens is 1. The third kappa shape index (κ3) is 3.39. The van der Waals surface area contributed by atoms with Gasteiger partial charge < -0.3 is 20.1 Å². The van der Waals surface area contributed by atoms with E-state index in [0.717, 1.165) is 6.42 Å². The van der Waals surface area contributed by atoms with E-state index in [1.165, 1.54) is 0 Å². The van der Waals surface area contributed by atoms with Crippen molar-refractivity contribution in [1.82, 2.24) is 9.88 Å². The van der Waals surface area contributed by atoms with E-state index in [4.69, 9.17) is 4.74 Å². The maximum Gasteiger partial charge on any atom is 0.253 e. The van der Waals surface area contributed by atoms with Crippen molar-refractivity contribution in [3.8, 4) is 0 Å². The normalized spacial score (nSPS) is 34.1. The van der Waals surface area contributed by atoms with E-state index < -0.39 is 6.10 Å². The van der Waals surface area contributed by atoms with Gasteiger partial charge in [0.2, 0.25) is 5.91 Å². The first-order valence-electron chi connectivity index (χ1n) is 8.93. The van der Waals surface area contributed by atoms with Crippen molar-refractivity contribution in [2.24, 2.45) is 11.8 Å². The lowest BCUT2D eigenvalue weighted by atomic mass is 9.80. The van der Waals surface area contributed by atoms with Crippen LogP contribution in [-0.2, 0) is 14.3 Å². The molecule has 1 aliphatic carbocycles. The van der Waals surface area contributed by atoms with Gasteiger partial charge in [-0.1, -0.05) is 0 Å². The standard InChI is InChI=1S/C18H23N3O4/c22-14-6-12(7-14)18(24)21-5-3-11-8-15(25-16(11)10-21)17(23)20-13-2-1-4-19-9-13/h1-2,4,9,11-12,14-16,22H,3,5-8,10H2,(H,20,23)/t11-,12?,14?,15-,16-/m0/s1. The molecule has 2 N–H and O–H groups in total. The largest absolute Gasteiger partial charge is 0.393 e. The lowest BCUT2D eigenvalue weighted by Crippen LogP contribution is -2.50. The highest BCUT2D eigenvalue weighted by molar-refractivity contribution is 5.94. The van der Waals surface area contributed by atoms with Crippen LogP contribution in [0.25, 0.3) is 0 Å². The summed E-state index contributed by atoms with van der Waals surface area (Å²) in [4.78, 5) is 30.7. The number of likely N-dealkylation sites (tertiary alicyclic amines) is 1. The second-order valence-corrected chi connectivity index (χ2v) is 7.28. The number of rotatable bonds is 3. The molecule has 2 aliphatic heterocycles. The lowest BCUT2D eigenvalue weighted by molar-refractivity contribution is -0.147. The zero-order chi connectivity index (χ0) is 17.4. The van der Waals surface area contributed by atoms with Crippen molar-refractivity contribution in [3.05, 3.63) is 24.5 Å². The summed E-state index contributed by atoms with van der Waals surface area (Å²) in [5, 5.41) is 12.2. The van der Waals surface area contributed by atoms with E-state index in [-0.39, 0.29) is 29.9 Å². The van der Waals surface area contributed by atoms with Gasteiger partial charge in [-0.15, -0.1) is 0 Å². The molecule has 1 saturated carbocycles. The number of hydrogen-bond donors (Lipinski definition) is 2. The molecule has 134 valence electrons. The van der Waals surface area contributed by atoms with E-state index in [9.17, 15) is 14.7 Å². The Balaban J connectivity index is 1.32. The Morgan fingerprint density at radius 3 is 2.88 bits per heavy atom. The second kappa shape index (κ2) is 6.72. The van der Waals surface area contributed by atoms with E-state index >= 15 is 0 Å². The smallest absolute Gasteiger partial charge is 0.253 e. The molecule has 2 saturated heterocycles. The van der Waals surface area contributed by atoms with Gasteiger partial charge in [-0.05, 0) is 43.7 Å². The monoisotopic (exact) mass is 345 g/mol. The number of pyridine rings is 1. The molecule has 1 aromatic rings. The van der Waals surface area contributed by atoms with E-state index in [2.05, 4.69) is 10.3 Å². The fourth-order valence-electron chi connectivity index (χ4n) is 4.01. The van der Waals surface area contributed by atoms with Crippen LogP contribution in [0, 0.1) is 11.8 Å². The molecule has 0 aromatic carbocycles. The Morgan fingerprint density at radius 1 is 1.32 bits per heavy atom. The topological polar surface area (TPSA) is 91.8 Å². The lowest BCUT2D eigenvalue weighted by Gasteiger charge is -2.39. The quantitative estimate of drug-likeness (QED) is 0.845. The van der Waals surface area contributed by atoms with Crippen molar-refractivity contribution in [3.63, 3.8) is 0 Å². The predicted molar refractivity (Wildman–Crippen MR) is 89.6 cm³/mol. The Kier molecular flexibility index (Phi) is 4.43. The molecule has 3 fully saturated rings. The van der Waals surface area contributed by atoms with Crippen molar-refractivity contribution in [2.75, 3.05) is 18.4 Å². The molecule has 0 bridgehead atoms. The van der Waals surface area contributed by atoms with Crippen LogP contribution in [-0.4, -0.2) is 58.2 Å². The number of nitrogens with one attached hydrogen (secondary N) is 1. The third-order valence-electron chi connectivity index (χ3n) is 5.55. The molecule has 0 unspecified atom stereocenters. The summed E-state index contributed by atoms with van der Waals surface area (Å²) in [7, 11) is 0. The Labute approximate surface area is 146 Å². The van der Waals surface area contributed by atoms with Gasteiger partial charge in [0.15, 0.2) is 0 Å². The molecular weight excluding hydrogens is 322 g/mol. The molecule has 3 atom stereocenters. The number of nitrogens with zero attached hydrogens (tertiary/aromatic N) is 2. The van der Waals surface area contributed by atoms with Gasteiger partial charge in [0.1, 0.15) is 6.10 Å². The number of carbonyl (C=O) groups excluding carboxylic acids is 2. The van der Waals surface area contributed by atoms with Gasteiger partial charge in [-0.3, -0.25) is 14.6 Å². The van der Waals surface area contributed by atoms with Crippen LogP contribution in [0.4, 0.5) is 5.69 Å². The van der Waals surface area contributed by atoms with Crippen LogP contribution < -0.4 is 5.32 Å². The fraction of sp³-hybridized carbons (Fsp3) is 0.611. The molecule has 7 heteroatoms. The first-order chi connectivity index (χ1) is 12.1. The Hall–Kier alpha value is -1.99. The average Bonchev–Trinajstić information content (AvgIpc) is 3.02. The average molecular weight is 345 g/mol. The van der Waals surface area contributed by atoms with Crippen LogP contribution in [0.2, 0.25) is 0 Å². The number of amides is 2. The minimum absolute atomic E-state index is 0.0439. The third-order valence-corrected chi connectivity index (χ3v) is 5.55. The molecule has 0 spiro atoms. The maximum atomic E-state index is 12.4. The molecule has 1 aromatic heterocycles. The summed E-state index contributed by atoms with van der Waals surface area (Å²) >= 11 is 0. The number of fused-ring (bicyclic) bond motifs is 1. The van der Waals surface area contributed by atoms with Crippen LogP contribution in [0.15, 0.2) is 24.5 Å². The maximum absolute atomic E-state index is 12.4. The Morgan fingerprint density at radius 2 is 2.16 bits per heavy atom. The van der Waals surface area contributed by atoms with Crippen molar-refractivity contribution in [1.29, 1.82) is 0 Å². The number of piperidine rings is 1. The fourth-order valence-corrected chi connectivity index (χ4v) is 4.01. The first kappa shape index (κ1) is 16.5. The number of ether oxygens (including phenoxy) is 1. The minimum atomic E-state index is -0.476. The molecule has 7 nitrogen and oxygen atoms in total. The molecule has 3 aliphatic rings.